The van der Waals surface area contributed by atoms with Gasteiger partial charge in [0, 0.05) is 24.5 Å². The van der Waals surface area contributed by atoms with Crippen LogP contribution in [0.25, 0.3) is 0 Å². The number of halogens is 1. The van der Waals surface area contributed by atoms with Gasteiger partial charge >= 0.3 is 0 Å². The fraction of sp³-hybridized carbons (Fsp3) is 0.533. The molecular formula is C15H20ClNO. The van der Waals surface area contributed by atoms with E-state index in [0.29, 0.717) is 0 Å². The molecule has 2 rings (SSSR count). The van der Waals surface area contributed by atoms with Crippen LogP contribution in [0.2, 0.25) is 0 Å². The SMILES string of the molecule is O=C1c2ccccc2CCN1CCCCCCCl. The molecule has 0 radical (unpaired) electrons. The molecule has 3 heteroatoms. The predicted molar refractivity (Wildman–Crippen MR) is 75.2 cm³/mol. The maximum absolute atomic E-state index is 12.2. The van der Waals surface area contributed by atoms with E-state index in [2.05, 4.69) is 6.07 Å². The summed E-state index contributed by atoms with van der Waals surface area (Å²) in [7, 11) is 0. The highest BCUT2D eigenvalue weighted by Gasteiger charge is 2.22. The van der Waals surface area contributed by atoms with Gasteiger partial charge in [-0.1, -0.05) is 31.0 Å². The number of carbonyl (C=O) groups is 1. The molecule has 0 saturated carbocycles. The molecule has 1 aromatic rings. The molecule has 0 aromatic heterocycles. The van der Waals surface area contributed by atoms with Crippen molar-refractivity contribution in [2.75, 3.05) is 19.0 Å². The van der Waals surface area contributed by atoms with Gasteiger partial charge in [-0.15, -0.1) is 11.6 Å². The van der Waals surface area contributed by atoms with E-state index < -0.39 is 0 Å². The van der Waals surface area contributed by atoms with Crippen molar-refractivity contribution in [1.82, 2.24) is 4.90 Å². The number of carbonyl (C=O) groups excluding carboxylic acids is 1. The molecule has 18 heavy (non-hydrogen) atoms. The Morgan fingerprint density at radius 1 is 1.11 bits per heavy atom. The number of rotatable bonds is 6. The van der Waals surface area contributed by atoms with Crippen LogP contribution in [0.3, 0.4) is 0 Å². The van der Waals surface area contributed by atoms with Crippen molar-refractivity contribution < 1.29 is 4.79 Å². The Morgan fingerprint density at radius 3 is 2.72 bits per heavy atom. The molecule has 98 valence electrons. The third kappa shape index (κ3) is 3.26. The molecule has 0 bridgehead atoms. The lowest BCUT2D eigenvalue weighted by Gasteiger charge is -2.28. The molecule has 0 aliphatic carbocycles. The fourth-order valence-electron chi connectivity index (χ4n) is 2.44. The first-order chi connectivity index (χ1) is 8.83. The largest absolute Gasteiger partial charge is 0.338 e. The number of hydrogen-bond donors (Lipinski definition) is 0. The van der Waals surface area contributed by atoms with Crippen molar-refractivity contribution >= 4 is 17.5 Å². The van der Waals surface area contributed by atoms with Gasteiger partial charge in [0.05, 0.1) is 0 Å². The number of unbranched alkanes of at least 4 members (excludes halogenated alkanes) is 3. The van der Waals surface area contributed by atoms with Gasteiger partial charge in [-0.2, -0.15) is 0 Å². The summed E-state index contributed by atoms with van der Waals surface area (Å²) in [5.74, 6) is 0.949. The highest BCUT2D eigenvalue weighted by atomic mass is 35.5. The molecule has 0 N–H and O–H groups in total. The van der Waals surface area contributed by atoms with Crippen LogP contribution in [-0.4, -0.2) is 29.8 Å². The summed E-state index contributed by atoms with van der Waals surface area (Å²) in [4.78, 5) is 14.2. The molecule has 0 atom stereocenters. The Kier molecular flexibility index (Phi) is 5.06. The lowest BCUT2D eigenvalue weighted by molar-refractivity contribution is 0.0736. The monoisotopic (exact) mass is 265 g/mol. The van der Waals surface area contributed by atoms with E-state index in [1.807, 2.05) is 23.1 Å². The molecule has 1 heterocycles. The molecule has 1 aliphatic rings. The summed E-state index contributed by atoms with van der Waals surface area (Å²) >= 11 is 5.64. The van der Waals surface area contributed by atoms with E-state index in [-0.39, 0.29) is 5.91 Å². The van der Waals surface area contributed by atoms with Crippen LogP contribution in [0, 0.1) is 0 Å². The summed E-state index contributed by atoms with van der Waals surface area (Å²) in [6.45, 7) is 1.75. The van der Waals surface area contributed by atoms with Crippen molar-refractivity contribution in [2.45, 2.75) is 32.1 Å². The normalized spacial score (nSPS) is 14.7. The van der Waals surface area contributed by atoms with Crippen LogP contribution < -0.4 is 0 Å². The summed E-state index contributed by atoms with van der Waals surface area (Å²) in [5.41, 5.74) is 2.09. The summed E-state index contributed by atoms with van der Waals surface area (Å²) < 4.78 is 0. The zero-order chi connectivity index (χ0) is 12.8. The van der Waals surface area contributed by atoms with Crippen molar-refractivity contribution in [2.24, 2.45) is 0 Å². The van der Waals surface area contributed by atoms with E-state index >= 15 is 0 Å². The maximum Gasteiger partial charge on any atom is 0.254 e. The average molecular weight is 266 g/mol. The quantitative estimate of drug-likeness (QED) is 0.570. The van der Waals surface area contributed by atoms with Crippen LogP contribution in [0.1, 0.15) is 41.6 Å². The fourth-order valence-corrected chi connectivity index (χ4v) is 2.63. The smallest absolute Gasteiger partial charge is 0.254 e. The van der Waals surface area contributed by atoms with Crippen LogP contribution in [0.15, 0.2) is 24.3 Å². The van der Waals surface area contributed by atoms with Gasteiger partial charge in [-0.25, -0.2) is 0 Å². The molecule has 0 spiro atoms. The summed E-state index contributed by atoms with van der Waals surface area (Å²) in [5, 5.41) is 0. The number of nitrogens with zero attached hydrogens (tertiary/aromatic N) is 1. The van der Waals surface area contributed by atoms with Crippen molar-refractivity contribution in [3.05, 3.63) is 35.4 Å². The lowest BCUT2D eigenvalue weighted by Crippen LogP contribution is -2.38. The Balaban J connectivity index is 1.84. The van der Waals surface area contributed by atoms with Crippen molar-refractivity contribution in [3.8, 4) is 0 Å². The number of amides is 1. The first-order valence-corrected chi connectivity index (χ1v) is 7.29. The number of fused-ring (bicyclic) bond motifs is 1. The van der Waals surface area contributed by atoms with Gasteiger partial charge in [-0.3, -0.25) is 4.79 Å². The molecule has 0 saturated heterocycles. The van der Waals surface area contributed by atoms with Crippen LogP contribution in [-0.2, 0) is 6.42 Å². The standard InChI is InChI=1S/C15H20ClNO/c16-10-5-1-2-6-11-17-12-9-13-7-3-4-8-14(13)15(17)18/h3-4,7-8H,1-2,5-6,9-12H2. The van der Waals surface area contributed by atoms with Gasteiger partial charge in [0.1, 0.15) is 0 Å². The topological polar surface area (TPSA) is 20.3 Å². The molecule has 1 aliphatic heterocycles. The van der Waals surface area contributed by atoms with Gasteiger partial charge in [-0.05, 0) is 30.9 Å². The third-order valence-corrected chi connectivity index (χ3v) is 3.76. The minimum atomic E-state index is 0.203. The Morgan fingerprint density at radius 2 is 1.89 bits per heavy atom. The Labute approximate surface area is 114 Å². The minimum absolute atomic E-state index is 0.203. The van der Waals surface area contributed by atoms with E-state index in [0.717, 1.165) is 50.2 Å². The number of hydrogen-bond acceptors (Lipinski definition) is 1. The van der Waals surface area contributed by atoms with E-state index in [1.54, 1.807) is 0 Å². The predicted octanol–water partition coefficient (Wildman–Crippen LogP) is 3.48. The zero-order valence-electron chi connectivity index (χ0n) is 10.7. The summed E-state index contributed by atoms with van der Waals surface area (Å²) in [6.07, 6.45) is 5.49. The van der Waals surface area contributed by atoms with Crippen LogP contribution >= 0.6 is 11.6 Å². The van der Waals surface area contributed by atoms with Gasteiger partial charge in [0.25, 0.3) is 5.91 Å². The Bertz CT molecular complexity index is 405. The molecule has 2 nitrogen and oxygen atoms in total. The molecule has 1 aromatic carbocycles. The Hall–Kier alpha value is -1.02. The second-order valence-electron chi connectivity index (χ2n) is 4.80. The maximum atomic E-state index is 12.2. The van der Waals surface area contributed by atoms with E-state index in [1.165, 1.54) is 12.0 Å². The molecular weight excluding hydrogens is 246 g/mol. The molecule has 0 fully saturated rings. The minimum Gasteiger partial charge on any atom is -0.338 e. The molecule has 1 amide bonds. The lowest BCUT2D eigenvalue weighted by atomic mass is 9.99. The van der Waals surface area contributed by atoms with Gasteiger partial charge in [0.15, 0.2) is 0 Å². The van der Waals surface area contributed by atoms with Gasteiger partial charge in [0.2, 0.25) is 0 Å². The number of alkyl halides is 1. The van der Waals surface area contributed by atoms with Crippen molar-refractivity contribution in [3.63, 3.8) is 0 Å². The van der Waals surface area contributed by atoms with Gasteiger partial charge < -0.3 is 4.90 Å². The first kappa shape index (κ1) is 13.4. The molecule has 0 unspecified atom stereocenters. The van der Waals surface area contributed by atoms with E-state index in [4.69, 9.17) is 11.6 Å². The first-order valence-electron chi connectivity index (χ1n) is 6.76. The second kappa shape index (κ2) is 6.79. The highest BCUT2D eigenvalue weighted by molar-refractivity contribution is 6.17. The van der Waals surface area contributed by atoms with Crippen LogP contribution in [0.5, 0.6) is 0 Å². The number of benzene rings is 1. The van der Waals surface area contributed by atoms with Crippen LogP contribution in [0.4, 0.5) is 0 Å². The second-order valence-corrected chi connectivity index (χ2v) is 5.18. The van der Waals surface area contributed by atoms with E-state index in [9.17, 15) is 4.79 Å². The zero-order valence-corrected chi connectivity index (χ0v) is 11.5. The average Bonchev–Trinajstić information content (AvgIpc) is 2.41. The summed E-state index contributed by atoms with van der Waals surface area (Å²) in [6, 6.07) is 7.96. The van der Waals surface area contributed by atoms with Crippen molar-refractivity contribution in [1.29, 1.82) is 0 Å². The highest BCUT2D eigenvalue weighted by Crippen LogP contribution is 2.19. The third-order valence-electron chi connectivity index (χ3n) is 3.50.